The summed E-state index contributed by atoms with van der Waals surface area (Å²) in [6.45, 7) is 1.45. The van der Waals surface area contributed by atoms with Crippen LogP contribution in [0.5, 0.6) is 0 Å². The Morgan fingerprint density at radius 1 is 1.25 bits per heavy atom. The van der Waals surface area contributed by atoms with Gasteiger partial charge in [-0.1, -0.05) is 30.3 Å². The van der Waals surface area contributed by atoms with E-state index >= 15 is 0 Å². The molecular formula is C8H10NO2S. The van der Waals surface area contributed by atoms with Crippen molar-refractivity contribution in [2.24, 2.45) is 0 Å². The molecule has 0 aliphatic carbocycles. The zero-order chi connectivity index (χ0) is 9.03. The van der Waals surface area contributed by atoms with Crippen LogP contribution in [0.4, 0.5) is 0 Å². The minimum Gasteiger partial charge on any atom is -0.213 e. The van der Waals surface area contributed by atoms with Crippen molar-refractivity contribution in [2.75, 3.05) is 6.26 Å². The zero-order valence-electron chi connectivity index (χ0n) is 6.69. The summed E-state index contributed by atoms with van der Waals surface area (Å²) in [7, 11) is -3.13. The monoisotopic (exact) mass is 184 g/mol. The number of sulfonamides is 1. The van der Waals surface area contributed by atoms with Gasteiger partial charge in [0.05, 0.1) is 12.8 Å². The molecule has 1 N–H and O–H groups in total. The Morgan fingerprint density at radius 2 is 1.83 bits per heavy atom. The Balaban J connectivity index is 2.56. The maximum absolute atomic E-state index is 10.7. The number of hydrogen-bond donors (Lipinski definition) is 1. The fourth-order valence-corrected chi connectivity index (χ4v) is 1.07. The van der Waals surface area contributed by atoms with Gasteiger partial charge in [0.2, 0.25) is 10.0 Å². The quantitative estimate of drug-likeness (QED) is 0.753. The van der Waals surface area contributed by atoms with Crippen LogP contribution >= 0.6 is 0 Å². The highest BCUT2D eigenvalue weighted by Crippen LogP contribution is 1.99. The molecule has 0 amide bonds. The van der Waals surface area contributed by atoms with Crippen molar-refractivity contribution in [1.29, 1.82) is 0 Å². The van der Waals surface area contributed by atoms with Gasteiger partial charge >= 0.3 is 0 Å². The van der Waals surface area contributed by atoms with Gasteiger partial charge in [-0.05, 0) is 5.56 Å². The Labute approximate surface area is 72.5 Å². The maximum atomic E-state index is 10.7. The van der Waals surface area contributed by atoms with Crippen LogP contribution in [0.2, 0.25) is 0 Å². The third kappa shape index (κ3) is 3.50. The molecule has 12 heavy (non-hydrogen) atoms. The Morgan fingerprint density at radius 3 is 2.33 bits per heavy atom. The van der Waals surface area contributed by atoms with Crippen LogP contribution in [-0.4, -0.2) is 14.7 Å². The predicted molar refractivity (Wildman–Crippen MR) is 47.8 cm³/mol. The van der Waals surface area contributed by atoms with Crippen LogP contribution in [0.1, 0.15) is 5.56 Å². The number of nitrogens with one attached hydrogen (secondary N) is 1. The summed E-state index contributed by atoms with van der Waals surface area (Å²) >= 11 is 0. The predicted octanol–water partition coefficient (Wildman–Crippen LogP) is 0.746. The number of rotatable bonds is 3. The second-order valence-corrected chi connectivity index (χ2v) is 4.23. The van der Waals surface area contributed by atoms with Crippen LogP contribution in [-0.2, 0) is 10.0 Å². The van der Waals surface area contributed by atoms with Gasteiger partial charge in [-0.15, -0.1) is 0 Å². The summed E-state index contributed by atoms with van der Waals surface area (Å²) < 4.78 is 23.6. The lowest BCUT2D eigenvalue weighted by molar-refractivity contribution is 0.595. The molecule has 3 nitrogen and oxygen atoms in total. The highest BCUT2D eigenvalue weighted by atomic mass is 32.2. The highest BCUT2D eigenvalue weighted by molar-refractivity contribution is 7.88. The summed E-state index contributed by atoms with van der Waals surface area (Å²) in [5.41, 5.74) is 0.836. The topological polar surface area (TPSA) is 46.2 Å². The molecule has 0 heterocycles. The van der Waals surface area contributed by atoms with E-state index in [4.69, 9.17) is 0 Å². The molecule has 4 heteroatoms. The van der Waals surface area contributed by atoms with Gasteiger partial charge in [0.25, 0.3) is 0 Å². The summed E-state index contributed by atoms with van der Waals surface area (Å²) in [5.74, 6) is 0. The van der Waals surface area contributed by atoms with E-state index < -0.39 is 10.0 Å². The molecule has 0 aliphatic rings. The first-order valence-corrected chi connectivity index (χ1v) is 5.33. The lowest BCUT2D eigenvalue weighted by atomic mass is 10.2. The molecule has 0 aromatic heterocycles. The highest BCUT2D eigenvalue weighted by Gasteiger charge is 1.99. The standard InChI is InChI=1S/C8H10NO2S/c1-12(10,11)9-7-8-5-3-2-4-6-8/h2-7,9H,1H3. The SMILES string of the molecule is CS(=O)(=O)N[CH]c1ccccc1. The smallest absolute Gasteiger partial charge is 0.209 e. The van der Waals surface area contributed by atoms with Crippen molar-refractivity contribution in [3.63, 3.8) is 0 Å². The summed E-state index contributed by atoms with van der Waals surface area (Å²) in [5, 5.41) is 0. The van der Waals surface area contributed by atoms with Gasteiger partial charge in [0, 0.05) is 0 Å². The molecule has 0 saturated heterocycles. The Hall–Kier alpha value is -0.870. The van der Waals surface area contributed by atoms with Gasteiger partial charge in [-0.25, -0.2) is 13.1 Å². The van der Waals surface area contributed by atoms with Gasteiger partial charge in [-0.3, -0.25) is 0 Å². The molecule has 65 valence electrons. The van der Waals surface area contributed by atoms with E-state index in [9.17, 15) is 8.42 Å². The van der Waals surface area contributed by atoms with E-state index in [0.717, 1.165) is 11.8 Å². The summed E-state index contributed by atoms with van der Waals surface area (Å²) in [6.07, 6.45) is 1.12. The maximum Gasteiger partial charge on any atom is 0.209 e. The average Bonchev–Trinajstić information content (AvgIpc) is 2.02. The van der Waals surface area contributed by atoms with Crippen molar-refractivity contribution < 1.29 is 8.42 Å². The molecule has 0 aliphatic heterocycles. The average molecular weight is 184 g/mol. The van der Waals surface area contributed by atoms with Crippen molar-refractivity contribution in [3.8, 4) is 0 Å². The van der Waals surface area contributed by atoms with Gasteiger partial charge in [0.15, 0.2) is 0 Å². The Bertz CT molecular complexity index is 331. The third-order valence-corrected chi connectivity index (χ3v) is 1.79. The van der Waals surface area contributed by atoms with Crippen molar-refractivity contribution in [3.05, 3.63) is 42.4 Å². The Kier molecular flexibility index (Phi) is 2.83. The summed E-state index contributed by atoms with van der Waals surface area (Å²) in [4.78, 5) is 0. The molecule has 1 radical (unpaired) electrons. The molecule has 1 rings (SSSR count). The van der Waals surface area contributed by atoms with Gasteiger partial charge < -0.3 is 0 Å². The van der Waals surface area contributed by atoms with E-state index in [1.807, 2.05) is 30.3 Å². The first kappa shape index (κ1) is 9.22. The van der Waals surface area contributed by atoms with Crippen LogP contribution in [0.3, 0.4) is 0 Å². The van der Waals surface area contributed by atoms with Crippen LogP contribution < -0.4 is 4.72 Å². The first-order valence-electron chi connectivity index (χ1n) is 3.43. The van der Waals surface area contributed by atoms with Crippen molar-refractivity contribution in [2.45, 2.75) is 0 Å². The van der Waals surface area contributed by atoms with Crippen molar-refractivity contribution in [1.82, 2.24) is 4.72 Å². The van der Waals surface area contributed by atoms with Crippen LogP contribution in [0, 0.1) is 6.54 Å². The van der Waals surface area contributed by atoms with Gasteiger partial charge in [0.1, 0.15) is 0 Å². The molecule has 1 aromatic rings. The molecule has 1 aromatic carbocycles. The molecule has 0 spiro atoms. The minimum atomic E-state index is -3.13. The molecule has 0 bridgehead atoms. The van der Waals surface area contributed by atoms with Gasteiger partial charge in [-0.2, -0.15) is 0 Å². The molecule has 0 atom stereocenters. The van der Waals surface area contributed by atoms with E-state index in [-0.39, 0.29) is 0 Å². The van der Waals surface area contributed by atoms with Crippen LogP contribution in [0.25, 0.3) is 0 Å². The second-order valence-electron chi connectivity index (χ2n) is 2.45. The first-order chi connectivity index (χ1) is 5.58. The zero-order valence-corrected chi connectivity index (χ0v) is 7.51. The van der Waals surface area contributed by atoms with Crippen molar-refractivity contribution >= 4 is 10.0 Å². The van der Waals surface area contributed by atoms with E-state index in [2.05, 4.69) is 4.72 Å². The lowest BCUT2D eigenvalue weighted by Gasteiger charge is -1.99. The molecular weight excluding hydrogens is 174 g/mol. The number of benzene rings is 1. The third-order valence-electron chi connectivity index (χ3n) is 1.24. The summed E-state index contributed by atoms with van der Waals surface area (Å²) in [6, 6.07) is 9.19. The number of hydrogen-bond acceptors (Lipinski definition) is 2. The van der Waals surface area contributed by atoms with E-state index in [0.29, 0.717) is 0 Å². The second kappa shape index (κ2) is 3.69. The fourth-order valence-electron chi connectivity index (χ4n) is 0.724. The van der Waals surface area contributed by atoms with Crippen LogP contribution in [0.15, 0.2) is 30.3 Å². The minimum absolute atomic E-state index is 0.836. The lowest BCUT2D eigenvalue weighted by Crippen LogP contribution is -2.19. The molecule has 0 fully saturated rings. The van der Waals surface area contributed by atoms with E-state index in [1.54, 1.807) is 0 Å². The largest absolute Gasteiger partial charge is 0.213 e. The molecule has 0 saturated carbocycles. The molecule has 0 unspecified atom stereocenters. The fraction of sp³-hybridized carbons (Fsp3) is 0.125. The van der Waals surface area contributed by atoms with E-state index in [1.165, 1.54) is 6.54 Å². The normalized spacial score (nSPS) is 11.4.